The average molecular weight is 312 g/mol. The molecule has 3 rings (SSSR count). The van der Waals surface area contributed by atoms with Gasteiger partial charge in [0.2, 0.25) is 5.91 Å². The number of hydrogen-bond donors (Lipinski definition) is 1. The molecule has 0 saturated carbocycles. The summed E-state index contributed by atoms with van der Waals surface area (Å²) < 4.78 is 5.50. The van der Waals surface area contributed by atoms with E-state index in [1.807, 2.05) is 6.92 Å². The summed E-state index contributed by atoms with van der Waals surface area (Å²) in [6.45, 7) is 3.94. The molecule has 21 heavy (non-hydrogen) atoms. The van der Waals surface area contributed by atoms with Gasteiger partial charge in [0.1, 0.15) is 0 Å². The van der Waals surface area contributed by atoms with Gasteiger partial charge < -0.3 is 10.1 Å². The third kappa shape index (κ3) is 1.81. The van der Waals surface area contributed by atoms with Gasteiger partial charge in [-0.25, -0.2) is 4.79 Å². The van der Waals surface area contributed by atoms with Crippen LogP contribution in [0.25, 0.3) is 0 Å². The van der Waals surface area contributed by atoms with E-state index in [0.717, 1.165) is 19.3 Å². The zero-order chi connectivity index (χ0) is 15.3. The fourth-order valence-electron chi connectivity index (χ4n) is 4.41. The quantitative estimate of drug-likeness (QED) is 0.493. The van der Waals surface area contributed by atoms with E-state index in [1.54, 1.807) is 0 Å². The van der Waals surface area contributed by atoms with E-state index in [2.05, 4.69) is 24.4 Å². The summed E-state index contributed by atoms with van der Waals surface area (Å²) in [6, 6.07) is 0. The molecule has 2 aliphatic heterocycles. The lowest BCUT2D eigenvalue weighted by molar-refractivity contribution is -0.230. The molecular weight excluding hydrogens is 290 g/mol. The Bertz CT molecular complexity index is 506. The van der Waals surface area contributed by atoms with Crippen LogP contribution in [0.1, 0.15) is 39.5 Å². The van der Waals surface area contributed by atoms with Gasteiger partial charge in [-0.1, -0.05) is 19.1 Å². The first-order valence-electron chi connectivity index (χ1n) is 7.75. The smallest absolute Gasteiger partial charge is 0.337 e. The molecule has 0 aromatic heterocycles. The first kappa shape index (κ1) is 14.9. The number of esters is 1. The van der Waals surface area contributed by atoms with Crippen LogP contribution in [0.5, 0.6) is 0 Å². The molecule has 1 amide bonds. The van der Waals surface area contributed by atoms with Crippen molar-refractivity contribution >= 4 is 23.5 Å². The molecule has 3 aliphatic rings. The van der Waals surface area contributed by atoms with Gasteiger partial charge in [-0.15, -0.1) is 11.6 Å². The molecule has 0 bridgehead atoms. The number of alkyl halides is 1. The summed E-state index contributed by atoms with van der Waals surface area (Å²) in [7, 11) is 0. The van der Waals surface area contributed by atoms with Crippen molar-refractivity contribution in [3.05, 3.63) is 12.2 Å². The molecule has 0 radical (unpaired) electrons. The second kappa shape index (κ2) is 5.01. The predicted molar refractivity (Wildman–Crippen MR) is 79.8 cm³/mol. The van der Waals surface area contributed by atoms with Crippen LogP contribution in [0.15, 0.2) is 12.2 Å². The molecule has 2 heterocycles. The normalized spacial score (nSPS) is 42.8. The number of ether oxygens (including phenoxy) is 1. The van der Waals surface area contributed by atoms with Crippen LogP contribution in [-0.2, 0) is 14.3 Å². The second-order valence-corrected chi connectivity index (χ2v) is 7.01. The molecule has 4 unspecified atom stereocenters. The number of fused-ring (bicyclic) bond motifs is 1. The molecule has 1 N–H and O–H groups in total. The fraction of sp³-hybridized carbons (Fsp3) is 0.750. The highest BCUT2D eigenvalue weighted by atomic mass is 35.5. The standard InChI is InChI=1S/C16H22ClNO3/c1-10(11-6-4-3-5-7-11)16-14(20)21-15(16,2)12(8-9-17)13(19)18-16/h4,6,10-12H,3,5,7-9H2,1-2H3,(H,18,19)/t10?,11?,12?,15-,16?/m0/s1. The highest BCUT2D eigenvalue weighted by Crippen LogP contribution is 2.55. The van der Waals surface area contributed by atoms with Crippen LogP contribution in [-0.4, -0.2) is 28.9 Å². The van der Waals surface area contributed by atoms with Crippen molar-refractivity contribution in [3.63, 3.8) is 0 Å². The van der Waals surface area contributed by atoms with Crippen LogP contribution in [0.4, 0.5) is 0 Å². The van der Waals surface area contributed by atoms with E-state index in [1.165, 1.54) is 0 Å². The van der Waals surface area contributed by atoms with Crippen molar-refractivity contribution in [2.75, 3.05) is 5.88 Å². The van der Waals surface area contributed by atoms with Gasteiger partial charge in [0.25, 0.3) is 0 Å². The van der Waals surface area contributed by atoms with Crippen molar-refractivity contribution in [3.8, 4) is 0 Å². The predicted octanol–water partition coefficient (Wildman–Crippen LogP) is 2.41. The minimum atomic E-state index is -0.882. The minimum Gasteiger partial charge on any atom is -0.453 e. The van der Waals surface area contributed by atoms with Crippen LogP contribution < -0.4 is 5.32 Å². The van der Waals surface area contributed by atoms with Gasteiger partial charge in [0.05, 0.1) is 5.92 Å². The van der Waals surface area contributed by atoms with Crippen molar-refractivity contribution in [1.82, 2.24) is 5.32 Å². The Labute approximate surface area is 130 Å². The lowest BCUT2D eigenvalue weighted by Gasteiger charge is -2.55. The molecule has 0 aromatic rings. The summed E-state index contributed by atoms with van der Waals surface area (Å²) in [5.41, 5.74) is -1.64. The number of carbonyl (C=O) groups is 2. The fourth-order valence-corrected chi connectivity index (χ4v) is 4.62. The van der Waals surface area contributed by atoms with E-state index in [-0.39, 0.29) is 23.7 Å². The number of amides is 1. The molecule has 4 nitrogen and oxygen atoms in total. The maximum Gasteiger partial charge on any atom is 0.337 e. The molecular formula is C16H22ClNO3. The van der Waals surface area contributed by atoms with E-state index >= 15 is 0 Å². The van der Waals surface area contributed by atoms with Gasteiger partial charge in [-0.2, -0.15) is 0 Å². The Morgan fingerprint density at radius 2 is 2.29 bits per heavy atom. The molecule has 5 atom stereocenters. The first-order valence-corrected chi connectivity index (χ1v) is 8.29. The van der Waals surface area contributed by atoms with Crippen LogP contribution in [0.3, 0.4) is 0 Å². The van der Waals surface area contributed by atoms with E-state index in [0.29, 0.717) is 18.2 Å². The van der Waals surface area contributed by atoms with Gasteiger partial charge in [0, 0.05) is 11.8 Å². The minimum absolute atomic E-state index is 0.0320. The zero-order valence-electron chi connectivity index (χ0n) is 12.5. The summed E-state index contributed by atoms with van der Waals surface area (Å²) in [5, 5.41) is 2.98. The Hall–Kier alpha value is -1.03. The summed E-state index contributed by atoms with van der Waals surface area (Å²) in [4.78, 5) is 24.7. The van der Waals surface area contributed by atoms with Crippen LogP contribution >= 0.6 is 11.6 Å². The molecule has 0 aromatic carbocycles. The average Bonchev–Trinajstić information content (AvgIpc) is 2.65. The zero-order valence-corrected chi connectivity index (χ0v) is 13.3. The SMILES string of the molecule is CC(C1C=CCCC1)C12NC(=O)C(CCCl)[C@]1(C)OC2=O. The van der Waals surface area contributed by atoms with Gasteiger partial charge in [-0.05, 0) is 38.5 Å². The van der Waals surface area contributed by atoms with Crippen molar-refractivity contribution in [2.24, 2.45) is 17.8 Å². The Morgan fingerprint density at radius 3 is 2.86 bits per heavy atom. The van der Waals surface area contributed by atoms with Gasteiger partial charge in [-0.3, -0.25) is 4.79 Å². The van der Waals surface area contributed by atoms with E-state index in [4.69, 9.17) is 16.3 Å². The highest BCUT2D eigenvalue weighted by molar-refractivity contribution is 6.18. The van der Waals surface area contributed by atoms with Gasteiger partial charge in [0.15, 0.2) is 11.1 Å². The Morgan fingerprint density at radius 1 is 1.52 bits per heavy atom. The Kier molecular flexibility index (Phi) is 3.55. The third-order valence-electron chi connectivity index (χ3n) is 5.73. The number of hydrogen-bond acceptors (Lipinski definition) is 3. The lowest BCUT2D eigenvalue weighted by atomic mass is 9.61. The monoisotopic (exact) mass is 311 g/mol. The van der Waals surface area contributed by atoms with Gasteiger partial charge >= 0.3 is 5.97 Å². The number of allylic oxidation sites excluding steroid dienone is 2. The highest BCUT2D eigenvalue weighted by Gasteiger charge is 2.78. The number of rotatable bonds is 4. The van der Waals surface area contributed by atoms with Crippen LogP contribution in [0.2, 0.25) is 0 Å². The van der Waals surface area contributed by atoms with Crippen molar-refractivity contribution in [1.29, 1.82) is 0 Å². The molecule has 116 valence electrons. The van der Waals surface area contributed by atoms with Crippen molar-refractivity contribution in [2.45, 2.75) is 50.7 Å². The summed E-state index contributed by atoms with van der Waals surface area (Å²) in [5.74, 6) is -0.00948. The lowest BCUT2D eigenvalue weighted by Crippen LogP contribution is -2.77. The topological polar surface area (TPSA) is 55.4 Å². The molecule has 0 spiro atoms. The maximum absolute atomic E-state index is 12.3. The number of carbonyl (C=O) groups excluding carboxylic acids is 2. The van der Waals surface area contributed by atoms with E-state index in [9.17, 15) is 9.59 Å². The van der Waals surface area contributed by atoms with Crippen molar-refractivity contribution < 1.29 is 14.3 Å². The maximum atomic E-state index is 12.3. The van der Waals surface area contributed by atoms with E-state index < -0.39 is 11.1 Å². The first-order chi connectivity index (χ1) is 9.97. The summed E-state index contributed by atoms with van der Waals surface area (Å²) >= 11 is 5.82. The van der Waals surface area contributed by atoms with Crippen LogP contribution in [0, 0.1) is 17.8 Å². The Balaban J connectivity index is 1.94. The molecule has 2 saturated heterocycles. The molecule has 1 aliphatic carbocycles. The largest absolute Gasteiger partial charge is 0.453 e. The number of halogens is 1. The molecule has 2 fully saturated rings. The third-order valence-corrected chi connectivity index (χ3v) is 5.94. The number of nitrogens with one attached hydrogen (secondary N) is 1. The molecule has 5 heteroatoms. The second-order valence-electron chi connectivity index (χ2n) is 6.64. The summed E-state index contributed by atoms with van der Waals surface area (Å²) in [6.07, 6.45) is 8.18.